The molecule has 98 valence electrons. The van der Waals surface area contributed by atoms with Gasteiger partial charge in [-0.2, -0.15) is 0 Å². The molecule has 2 aliphatic heterocycles. The number of nitrogens with two attached hydrogens (primary N) is 1. The van der Waals surface area contributed by atoms with Gasteiger partial charge in [-0.1, -0.05) is 6.07 Å². The highest BCUT2D eigenvalue weighted by Crippen LogP contribution is 2.36. The second-order valence-electron chi connectivity index (χ2n) is 5.13. The number of fused-ring (bicyclic) bond motifs is 1. The standard InChI is InChI=1S/C14H20N2O2/c1-16-6-5-11(15)14(16)10-3-4-12-13(9-10)18-8-2-7-17-12/h3-4,9,11,14H,2,5-8,15H2,1H3. The number of likely N-dealkylation sites (N-methyl/N-ethyl adjacent to an activating group) is 1. The number of benzene rings is 1. The predicted octanol–water partition coefficient (Wildman–Crippen LogP) is 1.55. The SMILES string of the molecule is CN1CCC(N)C1c1ccc2c(c1)OCCCO2. The van der Waals surface area contributed by atoms with Crippen LogP contribution in [-0.2, 0) is 0 Å². The van der Waals surface area contributed by atoms with Gasteiger partial charge in [-0.05, 0) is 31.2 Å². The van der Waals surface area contributed by atoms with Crippen molar-refractivity contribution < 1.29 is 9.47 Å². The Kier molecular flexibility index (Phi) is 3.14. The van der Waals surface area contributed by atoms with E-state index in [4.69, 9.17) is 15.2 Å². The topological polar surface area (TPSA) is 47.7 Å². The van der Waals surface area contributed by atoms with Crippen molar-refractivity contribution in [1.82, 2.24) is 4.90 Å². The first-order chi connectivity index (χ1) is 8.75. The van der Waals surface area contributed by atoms with Gasteiger partial charge >= 0.3 is 0 Å². The van der Waals surface area contributed by atoms with Crippen molar-refractivity contribution in [3.63, 3.8) is 0 Å². The fourth-order valence-electron chi connectivity index (χ4n) is 2.84. The number of hydrogen-bond acceptors (Lipinski definition) is 4. The Morgan fingerprint density at radius 2 is 2.00 bits per heavy atom. The zero-order valence-corrected chi connectivity index (χ0v) is 10.8. The molecule has 2 N–H and O–H groups in total. The number of ether oxygens (including phenoxy) is 2. The number of hydrogen-bond donors (Lipinski definition) is 1. The van der Waals surface area contributed by atoms with Gasteiger partial charge in [0.15, 0.2) is 11.5 Å². The van der Waals surface area contributed by atoms with E-state index in [-0.39, 0.29) is 6.04 Å². The van der Waals surface area contributed by atoms with Crippen LogP contribution in [0.25, 0.3) is 0 Å². The molecule has 4 heteroatoms. The molecular weight excluding hydrogens is 228 g/mol. The molecule has 1 aromatic carbocycles. The lowest BCUT2D eigenvalue weighted by Crippen LogP contribution is -2.29. The van der Waals surface area contributed by atoms with Crippen LogP contribution in [0.4, 0.5) is 0 Å². The molecule has 0 spiro atoms. The van der Waals surface area contributed by atoms with E-state index < -0.39 is 0 Å². The Hall–Kier alpha value is -1.26. The summed E-state index contributed by atoms with van der Waals surface area (Å²) in [7, 11) is 2.13. The van der Waals surface area contributed by atoms with Crippen LogP contribution in [0, 0.1) is 0 Å². The molecule has 0 radical (unpaired) electrons. The van der Waals surface area contributed by atoms with Gasteiger partial charge < -0.3 is 15.2 Å². The van der Waals surface area contributed by atoms with Gasteiger partial charge in [0.25, 0.3) is 0 Å². The average Bonchev–Trinajstić information content (AvgIpc) is 2.59. The Morgan fingerprint density at radius 1 is 1.22 bits per heavy atom. The van der Waals surface area contributed by atoms with Crippen LogP contribution < -0.4 is 15.2 Å². The van der Waals surface area contributed by atoms with Crippen molar-refractivity contribution >= 4 is 0 Å². The maximum absolute atomic E-state index is 6.19. The molecule has 18 heavy (non-hydrogen) atoms. The molecule has 0 aromatic heterocycles. The third kappa shape index (κ3) is 2.06. The summed E-state index contributed by atoms with van der Waals surface area (Å²) in [6.07, 6.45) is 1.99. The lowest BCUT2D eigenvalue weighted by molar-refractivity contribution is 0.295. The first-order valence-corrected chi connectivity index (χ1v) is 6.61. The van der Waals surface area contributed by atoms with Crippen LogP contribution in [0.1, 0.15) is 24.4 Å². The van der Waals surface area contributed by atoms with Gasteiger partial charge in [-0.25, -0.2) is 0 Å². The molecule has 2 aliphatic rings. The largest absolute Gasteiger partial charge is 0.490 e. The van der Waals surface area contributed by atoms with Crippen molar-refractivity contribution in [1.29, 1.82) is 0 Å². The number of rotatable bonds is 1. The molecule has 0 aliphatic carbocycles. The van der Waals surface area contributed by atoms with Crippen LogP contribution in [0.2, 0.25) is 0 Å². The Bertz CT molecular complexity index is 426. The number of likely N-dealkylation sites (tertiary alicyclic amines) is 1. The summed E-state index contributed by atoms with van der Waals surface area (Å²) in [5, 5.41) is 0. The Labute approximate surface area is 108 Å². The third-order valence-electron chi connectivity index (χ3n) is 3.81. The predicted molar refractivity (Wildman–Crippen MR) is 70.0 cm³/mol. The van der Waals surface area contributed by atoms with Gasteiger partial charge in [-0.15, -0.1) is 0 Å². The van der Waals surface area contributed by atoms with Crippen LogP contribution in [0.15, 0.2) is 18.2 Å². The molecule has 0 saturated carbocycles. The monoisotopic (exact) mass is 248 g/mol. The maximum atomic E-state index is 6.19. The quantitative estimate of drug-likeness (QED) is 0.819. The molecule has 1 fully saturated rings. The summed E-state index contributed by atoms with van der Waals surface area (Å²) in [5.41, 5.74) is 7.42. The molecule has 4 nitrogen and oxygen atoms in total. The van der Waals surface area contributed by atoms with Crippen LogP contribution in [0.5, 0.6) is 11.5 Å². The highest BCUT2D eigenvalue weighted by molar-refractivity contribution is 5.44. The Morgan fingerprint density at radius 3 is 2.72 bits per heavy atom. The van der Waals surface area contributed by atoms with E-state index in [9.17, 15) is 0 Å². The molecule has 3 rings (SSSR count). The molecular formula is C14H20N2O2. The zero-order valence-electron chi connectivity index (χ0n) is 10.8. The molecule has 2 unspecified atom stereocenters. The summed E-state index contributed by atoms with van der Waals surface area (Å²) in [6, 6.07) is 6.71. The van der Waals surface area contributed by atoms with Gasteiger partial charge in [0.05, 0.1) is 13.2 Å². The molecule has 2 heterocycles. The Balaban J connectivity index is 1.91. The minimum absolute atomic E-state index is 0.208. The van der Waals surface area contributed by atoms with Crippen LogP contribution >= 0.6 is 0 Å². The third-order valence-corrected chi connectivity index (χ3v) is 3.81. The summed E-state index contributed by atoms with van der Waals surface area (Å²) >= 11 is 0. The summed E-state index contributed by atoms with van der Waals surface area (Å²) in [4.78, 5) is 2.31. The molecule has 1 saturated heterocycles. The van der Waals surface area contributed by atoms with Crippen LogP contribution in [-0.4, -0.2) is 37.7 Å². The minimum atomic E-state index is 0.208. The van der Waals surface area contributed by atoms with Crippen molar-refractivity contribution in [2.45, 2.75) is 24.9 Å². The van der Waals surface area contributed by atoms with E-state index in [1.807, 2.05) is 6.07 Å². The first kappa shape index (κ1) is 11.8. The molecule has 1 aromatic rings. The van der Waals surface area contributed by atoms with Gasteiger partial charge in [0.1, 0.15) is 0 Å². The summed E-state index contributed by atoms with van der Waals surface area (Å²) in [5.74, 6) is 1.71. The van der Waals surface area contributed by atoms with E-state index in [0.717, 1.165) is 44.1 Å². The first-order valence-electron chi connectivity index (χ1n) is 6.61. The fourth-order valence-corrected chi connectivity index (χ4v) is 2.84. The average molecular weight is 248 g/mol. The van der Waals surface area contributed by atoms with Crippen molar-refractivity contribution in [3.05, 3.63) is 23.8 Å². The van der Waals surface area contributed by atoms with Gasteiger partial charge in [0.2, 0.25) is 0 Å². The molecule has 0 bridgehead atoms. The lowest BCUT2D eigenvalue weighted by Gasteiger charge is -2.24. The molecule has 0 amide bonds. The fraction of sp³-hybridized carbons (Fsp3) is 0.571. The van der Waals surface area contributed by atoms with Crippen molar-refractivity contribution in [2.75, 3.05) is 26.8 Å². The summed E-state index contributed by atoms with van der Waals surface area (Å²) < 4.78 is 11.4. The van der Waals surface area contributed by atoms with E-state index in [2.05, 4.69) is 24.1 Å². The second-order valence-corrected chi connectivity index (χ2v) is 5.13. The zero-order chi connectivity index (χ0) is 12.5. The van der Waals surface area contributed by atoms with E-state index in [0.29, 0.717) is 6.04 Å². The normalized spacial score (nSPS) is 28.1. The number of nitrogens with zero attached hydrogens (tertiary/aromatic N) is 1. The molecule has 2 atom stereocenters. The highest BCUT2D eigenvalue weighted by Gasteiger charge is 2.30. The highest BCUT2D eigenvalue weighted by atomic mass is 16.5. The smallest absolute Gasteiger partial charge is 0.161 e. The van der Waals surface area contributed by atoms with Gasteiger partial charge in [-0.3, -0.25) is 4.90 Å². The second kappa shape index (κ2) is 4.78. The summed E-state index contributed by atoms with van der Waals surface area (Å²) in [6.45, 7) is 2.51. The lowest BCUT2D eigenvalue weighted by atomic mass is 10.0. The van der Waals surface area contributed by atoms with Gasteiger partial charge in [0, 0.05) is 25.0 Å². The van der Waals surface area contributed by atoms with Crippen LogP contribution in [0.3, 0.4) is 0 Å². The van der Waals surface area contributed by atoms with Crippen molar-refractivity contribution in [2.24, 2.45) is 5.73 Å². The van der Waals surface area contributed by atoms with Crippen molar-refractivity contribution in [3.8, 4) is 11.5 Å². The maximum Gasteiger partial charge on any atom is 0.161 e. The van der Waals surface area contributed by atoms with E-state index in [1.54, 1.807) is 0 Å². The minimum Gasteiger partial charge on any atom is -0.490 e. The van der Waals surface area contributed by atoms with E-state index >= 15 is 0 Å². The van der Waals surface area contributed by atoms with E-state index in [1.165, 1.54) is 5.56 Å².